The maximum Gasteiger partial charge on any atom is 0.150 e. The van der Waals surface area contributed by atoms with E-state index in [-0.39, 0.29) is 5.54 Å². The monoisotopic (exact) mass is 269 g/mol. The third-order valence-corrected chi connectivity index (χ3v) is 3.39. The summed E-state index contributed by atoms with van der Waals surface area (Å²) >= 11 is 3.41. The quantitative estimate of drug-likeness (QED) is 0.755. The number of pyridine rings is 1. The Bertz CT molecular complexity index is 390. The Kier molecular flexibility index (Phi) is 2.10. The minimum atomic E-state index is 0.0494. The van der Waals surface area contributed by atoms with E-state index in [4.69, 9.17) is 4.74 Å². The van der Waals surface area contributed by atoms with Crippen molar-refractivity contribution in [2.75, 3.05) is 30.4 Å². The first-order valence-corrected chi connectivity index (χ1v) is 5.82. The van der Waals surface area contributed by atoms with Crippen LogP contribution in [-0.2, 0) is 4.74 Å². The molecule has 1 unspecified atom stereocenters. The van der Waals surface area contributed by atoms with Crippen molar-refractivity contribution >= 4 is 27.4 Å². The van der Waals surface area contributed by atoms with E-state index in [0.717, 1.165) is 42.2 Å². The van der Waals surface area contributed by atoms with Gasteiger partial charge in [0, 0.05) is 23.8 Å². The zero-order valence-electron chi connectivity index (χ0n) is 8.22. The minimum Gasteiger partial charge on any atom is -0.380 e. The van der Waals surface area contributed by atoms with Gasteiger partial charge in [0.15, 0.2) is 0 Å². The van der Waals surface area contributed by atoms with Crippen LogP contribution < -0.4 is 10.6 Å². The fraction of sp³-hybridized carbons (Fsp3) is 0.500. The smallest absolute Gasteiger partial charge is 0.150 e. The fourth-order valence-corrected chi connectivity index (χ4v) is 2.41. The molecule has 0 saturated carbocycles. The third-order valence-electron chi connectivity index (χ3n) is 2.96. The Balaban J connectivity index is 1.93. The van der Waals surface area contributed by atoms with Crippen LogP contribution in [0.15, 0.2) is 16.7 Å². The average Bonchev–Trinajstić information content (AvgIpc) is 2.67. The normalized spacial score (nSPS) is 28.3. The van der Waals surface area contributed by atoms with E-state index in [1.165, 1.54) is 0 Å². The van der Waals surface area contributed by atoms with Gasteiger partial charge in [0.1, 0.15) is 5.82 Å². The van der Waals surface area contributed by atoms with Crippen LogP contribution in [0.1, 0.15) is 6.42 Å². The molecule has 1 spiro atoms. The van der Waals surface area contributed by atoms with Crippen molar-refractivity contribution < 1.29 is 4.74 Å². The summed E-state index contributed by atoms with van der Waals surface area (Å²) in [6.07, 6.45) is 2.85. The van der Waals surface area contributed by atoms with Gasteiger partial charge in [0.2, 0.25) is 0 Å². The molecule has 1 saturated heterocycles. The standard InChI is InChI=1S/C10H12BrN3O/c11-7-3-8-9(12-4-7)14-10(5-13-8)1-2-15-6-10/h3-4,13H,1-2,5-6H2,(H,12,14). The van der Waals surface area contributed by atoms with E-state index >= 15 is 0 Å². The van der Waals surface area contributed by atoms with Crippen LogP contribution in [0.25, 0.3) is 0 Å². The number of anilines is 2. The molecule has 0 aromatic carbocycles. The summed E-state index contributed by atoms with van der Waals surface area (Å²) in [5.41, 5.74) is 1.11. The van der Waals surface area contributed by atoms with E-state index < -0.39 is 0 Å². The predicted octanol–water partition coefficient (Wildman–Crippen LogP) is 1.84. The van der Waals surface area contributed by atoms with Crippen LogP contribution in [0.3, 0.4) is 0 Å². The van der Waals surface area contributed by atoms with Crippen molar-refractivity contribution in [3.05, 3.63) is 16.7 Å². The number of nitrogens with zero attached hydrogens (tertiary/aromatic N) is 1. The molecule has 0 amide bonds. The summed E-state index contributed by atoms with van der Waals surface area (Å²) < 4.78 is 6.43. The molecule has 3 rings (SSSR count). The Morgan fingerprint density at radius 2 is 2.47 bits per heavy atom. The van der Waals surface area contributed by atoms with Crippen LogP contribution in [0.4, 0.5) is 11.5 Å². The summed E-state index contributed by atoms with van der Waals surface area (Å²) in [4.78, 5) is 4.36. The lowest BCUT2D eigenvalue weighted by Gasteiger charge is -2.35. The minimum absolute atomic E-state index is 0.0494. The highest BCUT2D eigenvalue weighted by atomic mass is 79.9. The number of rotatable bonds is 0. The first kappa shape index (κ1) is 9.42. The molecule has 0 aliphatic carbocycles. The Morgan fingerprint density at radius 3 is 3.27 bits per heavy atom. The van der Waals surface area contributed by atoms with Gasteiger partial charge < -0.3 is 15.4 Å². The van der Waals surface area contributed by atoms with Crippen LogP contribution >= 0.6 is 15.9 Å². The van der Waals surface area contributed by atoms with Gasteiger partial charge in [-0.2, -0.15) is 0 Å². The first-order chi connectivity index (χ1) is 7.27. The average molecular weight is 270 g/mol. The largest absolute Gasteiger partial charge is 0.380 e. The molecule has 2 aliphatic rings. The Hall–Kier alpha value is -0.810. The van der Waals surface area contributed by atoms with Crippen LogP contribution in [-0.4, -0.2) is 30.3 Å². The Morgan fingerprint density at radius 1 is 1.53 bits per heavy atom. The van der Waals surface area contributed by atoms with Gasteiger partial charge >= 0.3 is 0 Å². The van der Waals surface area contributed by atoms with Crippen molar-refractivity contribution in [1.29, 1.82) is 0 Å². The number of hydrogen-bond donors (Lipinski definition) is 2. The van der Waals surface area contributed by atoms with Crippen LogP contribution in [0, 0.1) is 0 Å². The number of fused-ring (bicyclic) bond motifs is 1. The molecule has 3 heterocycles. The second kappa shape index (κ2) is 3.35. The van der Waals surface area contributed by atoms with E-state index in [1.807, 2.05) is 12.3 Å². The van der Waals surface area contributed by atoms with Gasteiger partial charge in [-0.3, -0.25) is 0 Å². The number of aromatic nitrogens is 1. The maximum atomic E-state index is 5.44. The molecule has 0 bridgehead atoms. The van der Waals surface area contributed by atoms with E-state index in [1.54, 1.807) is 0 Å². The number of nitrogens with one attached hydrogen (secondary N) is 2. The molecule has 15 heavy (non-hydrogen) atoms. The highest BCUT2D eigenvalue weighted by Crippen LogP contribution is 2.33. The summed E-state index contributed by atoms with van der Waals surface area (Å²) in [5.74, 6) is 0.926. The van der Waals surface area contributed by atoms with Gasteiger partial charge in [-0.25, -0.2) is 4.98 Å². The zero-order valence-corrected chi connectivity index (χ0v) is 9.80. The second-order valence-electron chi connectivity index (χ2n) is 4.11. The molecular weight excluding hydrogens is 258 g/mol. The van der Waals surface area contributed by atoms with Crippen LogP contribution in [0.2, 0.25) is 0 Å². The highest BCUT2D eigenvalue weighted by molar-refractivity contribution is 9.10. The van der Waals surface area contributed by atoms with Crippen molar-refractivity contribution in [2.24, 2.45) is 0 Å². The van der Waals surface area contributed by atoms with Crippen molar-refractivity contribution in [1.82, 2.24) is 4.98 Å². The molecule has 4 nitrogen and oxygen atoms in total. The van der Waals surface area contributed by atoms with Gasteiger partial charge in [-0.15, -0.1) is 0 Å². The van der Waals surface area contributed by atoms with Gasteiger partial charge in [0.25, 0.3) is 0 Å². The molecule has 1 atom stereocenters. The fourth-order valence-electron chi connectivity index (χ4n) is 2.08. The first-order valence-electron chi connectivity index (χ1n) is 5.03. The molecule has 2 aliphatic heterocycles. The molecule has 0 radical (unpaired) electrons. The SMILES string of the molecule is Brc1cnc2c(c1)NCC1(CCOC1)N2. The lowest BCUT2D eigenvalue weighted by molar-refractivity contribution is 0.183. The molecule has 2 N–H and O–H groups in total. The lowest BCUT2D eigenvalue weighted by atomic mass is 9.96. The maximum absolute atomic E-state index is 5.44. The number of hydrogen-bond acceptors (Lipinski definition) is 4. The van der Waals surface area contributed by atoms with E-state index in [9.17, 15) is 0 Å². The summed E-state index contributed by atoms with van der Waals surface area (Å²) in [7, 11) is 0. The number of halogens is 1. The summed E-state index contributed by atoms with van der Waals surface area (Å²) in [6, 6.07) is 2.04. The molecule has 5 heteroatoms. The Labute approximate surface area is 96.5 Å². The van der Waals surface area contributed by atoms with Gasteiger partial charge in [-0.05, 0) is 28.4 Å². The topological polar surface area (TPSA) is 46.2 Å². The van der Waals surface area contributed by atoms with Crippen molar-refractivity contribution in [3.8, 4) is 0 Å². The molecular formula is C10H12BrN3O. The van der Waals surface area contributed by atoms with Crippen LogP contribution in [0.5, 0.6) is 0 Å². The molecule has 1 aromatic heterocycles. The summed E-state index contributed by atoms with van der Waals surface area (Å²) in [6.45, 7) is 2.50. The lowest BCUT2D eigenvalue weighted by Crippen LogP contribution is -2.48. The molecule has 80 valence electrons. The van der Waals surface area contributed by atoms with Crippen molar-refractivity contribution in [2.45, 2.75) is 12.0 Å². The van der Waals surface area contributed by atoms with E-state index in [2.05, 4.69) is 31.5 Å². The molecule has 1 aromatic rings. The van der Waals surface area contributed by atoms with Crippen molar-refractivity contribution in [3.63, 3.8) is 0 Å². The zero-order chi connectivity index (χ0) is 10.3. The highest BCUT2D eigenvalue weighted by Gasteiger charge is 2.38. The third kappa shape index (κ3) is 1.59. The summed E-state index contributed by atoms with van der Waals surface area (Å²) in [5, 5.41) is 6.88. The van der Waals surface area contributed by atoms with Gasteiger partial charge in [0.05, 0.1) is 17.8 Å². The van der Waals surface area contributed by atoms with E-state index in [0.29, 0.717) is 0 Å². The second-order valence-corrected chi connectivity index (χ2v) is 5.03. The van der Waals surface area contributed by atoms with Gasteiger partial charge in [-0.1, -0.05) is 0 Å². The predicted molar refractivity (Wildman–Crippen MR) is 62.2 cm³/mol. The molecule has 1 fully saturated rings. The number of ether oxygens (including phenoxy) is 1.